The molecule has 2 aliphatic rings. The second kappa shape index (κ2) is 7.55. The number of benzene rings is 1. The number of imidazole rings is 1. The highest BCUT2D eigenvalue weighted by Crippen LogP contribution is 2.24. The van der Waals surface area contributed by atoms with Gasteiger partial charge in [-0.05, 0) is 49.1 Å². The van der Waals surface area contributed by atoms with E-state index in [-0.39, 0.29) is 11.8 Å². The zero-order valence-corrected chi connectivity index (χ0v) is 17.1. The van der Waals surface area contributed by atoms with Crippen molar-refractivity contribution in [2.45, 2.75) is 32.9 Å². The summed E-state index contributed by atoms with van der Waals surface area (Å²) in [5, 5.41) is 0. The third-order valence-corrected chi connectivity index (χ3v) is 6.22. The third-order valence-electron chi connectivity index (χ3n) is 6.22. The van der Waals surface area contributed by atoms with Crippen LogP contribution in [0.1, 0.15) is 46.4 Å². The Morgan fingerprint density at radius 1 is 1.10 bits per heavy atom. The van der Waals surface area contributed by atoms with Crippen molar-refractivity contribution in [3.05, 3.63) is 59.7 Å². The van der Waals surface area contributed by atoms with Crippen LogP contribution in [0.2, 0.25) is 0 Å². The van der Waals surface area contributed by atoms with E-state index in [1.54, 1.807) is 11.1 Å². The fourth-order valence-corrected chi connectivity index (χ4v) is 4.35. The number of hydrogen-bond acceptors (Lipinski definition) is 4. The standard InChI is InChI=1S/C23H25N5O2/c1-16-7-10-26(11-8-16)22(29)17-5-6-20-19(14-17)25-21-23(30)27(12-13-28(20)21)15-18-4-2-3-9-24-18/h2-6,9,14,16H,7-8,10-13,15H2,1H3. The molecule has 2 amide bonds. The van der Waals surface area contributed by atoms with Crippen molar-refractivity contribution < 1.29 is 9.59 Å². The van der Waals surface area contributed by atoms with Gasteiger partial charge in [-0.25, -0.2) is 4.98 Å². The van der Waals surface area contributed by atoms with Gasteiger partial charge in [0, 0.05) is 37.9 Å². The van der Waals surface area contributed by atoms with Gasteiger partial charge in [-0.2, -0.15) is 0 Å². The number of amides is 2. The predicted molar refractivity (Wildman–Crippen MR) is 113 cm³/mol. The predicted octanol–water partition coefficient (Wildman–Crippen LogP) is 2.96. The highest BCUT2D eigenvalue weighted by Gasteiger charge is 2.29. The summed E-state index contributed by atoms with van der Waals surface area (Å²) in [4.78, 5) is 38.6. The van der Waals surface area contributed by atoms with Crippen LogP contribution < -0.4 is 0 Å². The topological polar surface area (TPSA) is 71.3 Å². The fourth-order valence-electron chi connectivity index (χ4n) is 4.35. The Morgan fingerprint density at radius 3 is 2.70 bits per heavy atom. The molecule has 1 saturated heterocycles. The normalized spacial score (nSPS) is 17.4. The smallest absolute Gasteiger partial charge is 0.290 e. The molecule has 0 N–H and O–H groups in total. The molecular weight excluding hydrogens is 378 g/mol. The van der Waals surface area contributed by atoms with E-state index in [2.05, 4.69) is 16.9 Å². The maximum absolute atomic E-state index is 13.0. The molecule has 0 unspecified atom stereocenters. The number of piperidine rings is 1. The molecule has 0 bridgehead atoms. The Balaban J connectivity index is 1.40. The maximum Gasteiger partial charge on any atom is 0.290 e. The Bertz CT molecular complexity index is 1100. The number of carbonyl (C=O) groups is 2. The van der Waals surface area contributed by atoms with E-state index in [4.69, 9.17) is 0 Å². The molecule has 0 spiro atoms. The van der Waals surface area contributed by atoms with Gasteiger partial charge in [0.1, 0.15) is 0 Å². The average molecular weight is 403 g/mol. The van der Waals surface area contributed by atoms with Crippen LogP contribution in [0.25, 0.3) is 11.0 Å². The number of carbonyl (C=O) groups excluding carboxylic acids is 2. The van der Waals surface area contributed by atoms with Crippen LogP contribution in [0.3, 0.4) is 0 Å². The SMILES string of the molecule is CC1CCN(C(=O)c2ccc3c(c2)nc2n3CCN(Cc3ccccn3)C2=O)CC1. The first-order valence-corrected chi connectivity index (χ1v) is 10.6. The molecule has 2 aliphatic heterocycles. The number of aromatic nitrogens is 3. The van der Waals surface area contributed by atoms with E-state index in [1.807, 2.05) is 45.9 Å². The van der Waals surface area contributed by atoms with E-state index in [9.17, 15) is 9.59 Å². The van der Waals surface area contributed by atoms with Gasteiger partial charge in [-0.3, -0.25) is 14.6 Å². The molecule has 5 rings (SSSR count). The first kappa shape index (κ1) is 18.8. The van der Waals surface area contributed by atoms with Gasteiger partial charge in [-0.1, -0.05) is 13.0 Å². The van der Waals surface area contributed by atoms with Gasteiger partial charge in [0.25, 0.3) is 11.8 Å². The third kappa shape index (κ3) is 3.34. The van der Waals surface area contributed by atoms with E-state index in [0.29, 0.717) is 42.5 Å². The van der Waals surface area contributed by atoms with Crippen LogP contribution in [0.15, 0.2) is 42.6 Å². The number of likely N-dealkylation sites (tertiary alicyclic amines) is 1. The molecule has 0 aliphatic carbocycles. The van der Waals surface area contributed by atoms with Crippen molar-refractivity contribution in [1.82, 2.24) is 24.3 Å². The summed E-state index contributed by atoms with van der Waals surface area (Å²) < 4.78 is 1.96. The van der Waals surface area contributed by atoms with E-state index in [0.717, 1.165) is 37.1 Å². The van der Waals surface area contributed by atoms with E-state index in [1.165, 1.54) is 0 Å². The molecule has 3 aromatic rings. The van der Waals surface area contributed by atoms with Gasteiger partial charge in [0.05, 0.1) is 23.3 Å². The van der Waals surface area contributed by atoms with Crippen LogP contribution in [0, 0.1) is 5.92 Å². The molecule has 7 nitrogen and oxygen atoms in total. The first-order chi connectivity index (χ1) is 14.6. The monoisotopic (exact) mass is 403 g/mol. The van der Waals surface area contributed by atoms with Crippen LogP contribution in [0.4, 0.5) is 0 Å². The molecule has 0 saturated carbocycles. The lowest BCUT2D eigenvalue weighted by molar-refractivity contribution is 0.0680. The zero-order valence-electron chi connectivity index (χ0n) is 17.1. The summed E-state index contributed by atoms with van der Waals surface area (Å²) >= 11 is 0. The first-order valence-electron chi connectivity index (χ1n) is 10.6. The molecule has 1 aromatic carbocycles. The highest BCUT2D eigenvalue weighted by molar-refractivity contribution is 6.00. The molecule has 0 atom stereocenters. The largest absolute Gasteiger partial charge is 0.339 e. The lowest BCUT2D eigenvalue weighted by Gasteiger charge is -2.30. The van der Waals surface area contributed by atoms with Crippen LogP contribution >= 0.6 is 0 Å². The molecule has 1 fully saturated rings. The van der Waals surface area contributed by atoms with Gasteiger partial charge in [0.2, 0.25) is 0 Å². The molecule has 4 heterocycles. The van der Waals surface area contributed by atoms with E-state index >= 15 is 0 Å². The Hall–Kier alpha value is -3.22. The Kier molecular flexibility index (Phi) is 4.73. The van der Waals surface area contributed by atoms with Crippen molar-refractivity contribution in [3.8, 4) is 0 Å². The highest BCUT2D eigenvalue weighted by atomic mass is 16.2. The summed E-state index contributed by atoms with van der Waals surface area (Å²) in [6, 6.07) is 11.3. The Morgan fingerprint density at radius 2 is 1.93 bits per heavy atom. The minimum atomic E-state index is -0.0963. The number of fused-ring (bicyclic) bond motifs is 3. The van der Waals surface area contributed by atoms with Gasteiger partial charge in [0.15, 0.2) is 5.82 Å². The van der Waals surface area contributed by atoms with Crippen molar-refractivity contribution in [2.75, 3.05) is 19.6 Å². The molecule has 0 radical (unpaired) electrons. The molecular formula is C23H25N5O2. The van der Waals surface area contributed by atoms with Crippen molar-refractivity contribution >= 4 is 22.8 Å². The minimum Gasteiger partial charge on any atom is -0.339 e. The van der Waals surface area contributed by atoms with Crippen molar-refractivity contribution in [2.24, 2.45) is 5.92 Å². The minimum absolute atomic E-state index is 0.0536. The van der Waals surface area contributed by atoms with Crippen LogP contribution in [-0.4, -0.2) is 55.8 Å². The van der Waals surface area contributed by atoms with Crippen LogP contribution in [0.5, 0.6) is 0 Å². The maximum atomic E-state index is 13.0. The Labute approximate surface area is 175 Å². The molecule has 30 heavy (non-hydrogen) atoms. The summed E-state index contributed by atoms with van der Waals surface area (Å²) in [6.45, 7) is 5.61. The van der Waals surface area contributed by atoms with Crippen LogP contribution in [-0.2, 0) is 13.1 Å². The number of hydrogen-bond donors (Lipinski definition) is 0. The summed E-state index contributed by atoms with van der Waals surface area (Å²) in [5.74, 6) is 1.07. The lowest BCUT2D eigenvalue weighted by Crippen LogP contribution is -2.40. The average Bonchev–Trinajstić information content (AvgIpc) is 3.15. The van der Waals surface area contributed by atoms with Crippen molar-refractivity contribution in [1.29, 1.82) is 0 Å². The molecule has 154 valence electrons. The summed E-state index contributed by atoms with van der Waals surface area (Å²) in [7, 11) is 0. The van der Waals surface area contributed by atoms with Crippen molar-refractivity contribution in [3.63, 3.8) is 0 Å². The number of nitrogens with zero attached hydrogens (tertiary/aromatic N) is 5. The quantitative estimate of drug-likeness (QED) is 0.674. The number of rotatable bonds is 3. The summed E-state index contributed by atoms with van der Waals surface area (Å²) in [5.41, 5.74) is 3.11. The second-order valence-electron chi connectivity index (χ2n) is 8.31. The van der Waals surface area contributed by atoms with Gasteiger partial charge >= 0.3 is 0 Å². The zero-order chi connectivity index (χ0) is 20.7. The van der Waals surface area contributed by atoms with Gasteiger partial charge in [-0.15, -0.1) is 0 Å². The second-order valence-corrected chi connectivity index (χ2v) is 8.31. The fraction of sp³-hybridized carbons (Fsp3) is 0.391. The van der Waals surface area contributed by atoms with Gasteiger partial charge < -0.3 is 14.4 Å². The molecule has 2 aromatic heterocycles. The lowest BCUT2D eigenvalue weighted by atomic mass is 9.98. The number of pyridine rings is 1. The molecule has 7 heteroatoms. The summed E-state index contributed by atoms with van der Waals surface area (Å²) in [6.07, 6.45) is 3.83. The van der Waals surface area contributed by atoms with E-state index < -0.39 is 0 Å².